The molecule has 2 unspecified atom stereocenters. The summed E-state index contributed by atoms with van der Waals surface area (Å²) < 4.78 is 5.66. The highest BCUT2D eigenvalue weighted by Gasteiger charge is 2.32. The Balaban J connectivity index is 0.00000162. The van der Waals surface area contributed by atoms with E-state index in [0.717, 1.165) is 38.8 Å². The molecule has 2 N–H and O–H groups in total. The fourth-order valence-electron chi connectivity index (χ4n) is 3.07. The first-order chi connectivity index (χ1) is 8.06. The van der Waals surface area contributed by atoms with E-state index in [1.165, 1.54) is 0 Å². The highest BCUT2D eigenvalue weighted by Crippen LogP contribution is 2.26. The highest BCUT2D eigenvalue weighted by atomic mass is 35.5. The summed E-state index contributed by atoms with van der Waals surface area (Å²) in [4.78, 5) is 14.4. The second-order valence-electron chi connectivity index (χ2n) is 5.62. The molecular formula is C13H25ClN2O2. The van der Waals surface area contributed by atoms with Crippen LogP contribution in [-0.4, -0.2) is 42.1 Å². The predicted molar refractivity (Wildman–Crippen MR) is 73.8 cm³/mol. The second kappa shape index (κ2) is 6.73. The Bertz CT molecular complexity index is 278. The Kier molecular flexibility index (Phi) is 5.89. The number of hydrogen-bond donors (Lipinski definition) is 1. The van der Waals surface area contributed by atoms with Crippen molar-refractivity contribution in [3.05, 3.63) is 0 Å². The minimum atomic E-state index is 0. The number of halogens is 1. The average molecular weight is 277 g/mol. The van der Waals surface area contributed by atoms with E-state index in [4.69, 9.17) is 10.5 Å². The fraction of sp³-hybridized carbons (Fsp3) is 0.923. The molecule has 2 rings (SSSR count). The zero-order valence-corrected chi connectivity index (χ0v) is 12.1. The Morgan fingerprint density at radius 1 is 1.22 bits per heavy atom. The molecule has 0 aromatic heterocycles. The van der Waals surface area contributed by atoms with Gasteiger partial charge in [0.05, 0.1) is 12.2 Å². The molecule has 0 aromatic carbocycles. The minimum Gasteiger partial charge on any atom is -0.372 e. The summed E-state index contributed by atoms with van der Waals surface area (Å²) in [7, 11) is 0. The fourth-order valence-corrected chi connectivity index (χ4v) is 3.07. The zero-order valence-electron chi connectivity index (χ0n) is 11.3. The summed E-state index contributed by atoms with van der Waals surface area (Å²) in [5, 5.41) is 0. The van der Waals surface area contributed by atoms with E-state index in [9.17, 15) is 4.79 Å². The van der Waals surface area contributed by atoms with Gasteiger partial charge in [0.1, 0.15) is 0 Å². The Hall–Kier alpha value is -0.320. The molecule has 1 saturated carbocycles. The number of nitrogens with zero attached hydrogens (tertiary/aromatic N) is 1. The number of carbonyl (C=O) groups excluding carboxylic acids is 1. The van der Waals surface area contributed by atoms with Gasteiger partial charge in [0.25, 0.3) is 0 Å². The maximum atomic E-state index is 12.4. The number of nitrogens with two attached hydrogens (primary N) is 1. The lowest BCUT2D eigenvalue weighted by atomic mass is 9.85. The molecule has 1 heterocycles. The molecule has 106 valence electrons. The predicted octanol–water partition coefficient (Wildman–Crippen LogP) is 1.56. The molecule has 18 heavy (non-hydrogen) atoms. The minimum absolute atomic E-state index is 0. The largest absolute Gasteiger partial charge is 0.372 e. The van der Waals surface area contributed by atoms with Crippen LogP contribution < -0.4 is 5.73 Å². The van der Waals surface area contributed by atoms with Crippen LogP contribution in [0.5, 0.6) is 0 Å². The van der Waals surface area contributed by atoms with Crippen molar-refractivity contribution in [2.24, 2.45) is 11.7 Å². The number of ether oxygens (including phenoxy) is 1. The quantitative estimate of drug-likeness (QED) is 0.791. The van der Waals surface area contributed by atoms with Gasteiger partial charge >= 0.3 is 0 Å². The van der Waals surface area contributed by atoms with Gasteiger partial charge in [-0.2, -0.15) is 0 Å². The van der Waals surface area contributed by atoms with Crippen molar-refractivity contribution in [1.82, 2.24) is 4.90 Å². The lowest BCUT2D eigenvalue weighted by Gasteiger charge is -2.38. The average Bonchev–Trinajstić information content (AvgIpc) is 2.26. The molecule has 0 spiro atoms. The van der Waals surface area contributed by atoms with Crippen molar-refractivity contribution in [1.29, 1.82) is 0 Å². The maximum Gasteiger partial charge on any atom is 0.225 e. The molecule has 1 aliphatic carbocycles. The lowest BCUT2D eigenvalue weighted by Crippen LogP contribution is -2.51. The summed E-state index contributed by atoms with van der Waals surface area (Å²) in [6.07, 6.45) is 4.33. The summed E-state index contributed by atoms with van der Waals surface area (Å²) in [5.74, 6) is 0.443. The van der Waals surface area contributed by atoms with Gasteiger partial charge in [-0.15, -0.1) is 12.4 Å². The third-order valence-corrected chi connectivity index (χ3v) is 3.80. The number of carbonyl (C=O) groups is 1. The maximum absolute atomic E-state index is 12.4. The monoisotopic (exact) mass is 276 g/mol. The number of morpholine rings is 1. The molecule has 0 radical (unpaired) electrons. The van der Waals surface area contributed by atoms with E-state index in [-0.39, 0.29) is 36.6 Å². The van der Waals surface area contributed by atoms with Crippen LogP contribution in [0.2, 0.25) is 0 Å². The molecule has 0 bridgehead atoms. The first-order valence-electron chi connectivity index (χ1n) is 6.76. The normalized spacial score (nSPS) is 36.9. The van der Waals surface area contributed by atoms with Crippen molar-refractivity contribution in [2.45, 2.75) is 57.8 Å². The zero-order chi connectivity index (χ0) is 12.4. The highest BCUT2D eigenvalue weighted by molar-refractivity contribution is 5.85. The van der Waals surface area contributed by atoms with Crippen molar-refractivity contribution >= 4 is 18.3 Å². The molecular weight excluding hydrogens is 252 g/mol. The van der Waals surface area contributed by atoms with Gasteiger partial charge in [0.15, 0.2) is 0 Å². The van der Waals surface area contributed by atoms with Crippen LogP contribution in [0.25, 0.3) is 0 Å². The standard InChI is InChI=1S/C13H24N2O2.ClH/c1-9-7-15(8-10(2)17-9)13(16)11-4-3-5-12(14)6-11;/h9-12H,3-8,14H2,1-2H3;1H/t9-,10+,11?,12?;. The van der Waals surface area contributed by atoms with Gasteiger partial charge in [-0.25, -0.2) is 0 Å². The second-order valence-corrected chi connectivity index (χ2v) is 5.62. The first kappa shape index (κ1) is 15.7. The summed E-state index contributed by atoms with van der Waals surface area (Å²) in [6, 6.07) is 0.216. The van der Waals surface area contributed by atoms with Crippen molar-refractivity contribution in [3.63, 3.8) is 0 Å². The van der Waals surface area contributed by atoms with E-state index < -0.39 is 0 Å². The van der Waals surface area contributed by atoms with Gasteiger partial charge in [-0.3, -0.25) is 4.79 Å². The van der Waals surface area contributed by atoms with Crippen LogP contribution in [0.4, 0.5) is 0 Å². The van der Waals surface area contributed by atoms with Crippen molar-refractivity contribution in [2.75, 3.05) is 13.1 Å². The molecule has 2 aliphatic rings. The van der Waals surface area contributed by atoms with E-state index in [0.29, 0.717) is 5.91 Å². The Morgan fingerprint density at radius 2 is 1.83 bits per heavy atom. The molecule has 4 atom stereocenters. The summed E-state index contributed by atoms with van der Waals surface area (Å²) in [6.45, 7) is 5.52. The molecule has 1 amide bonds. The third kappa shape index (κ3) is 3.84. The van der Waals surface area contributed by atoms with Gasteiger partial charge < -0.3 is 15.4 Å². The third-order valence-electron chi connectivity index (χ3n) is 3.80. The smallest absolute Gasteiger partial charge is 0.225 e. The van der Waals surface area contributed by atoms with Crippen LogP contribution >= 0.6 is 12.4 Å². The molecule has 1 saturated heterocycles. The lowest BCUT2D eigenvalue weighted by molar-refractivity contribution is -0.148. The summed E-state index contributed by atoms with van der Waals surface area (Å²) in [5.41, 5.74) is 5.95. The van der Waals surface area contributed by atoms with E-state index in [1.807, 2.05) is 18.7 Å². The molecule has 2 fully saturated rings. The van der Waals surface area contributed by atoms with Crippen LogP contribution in [0, 0.1) is 5.92 Å². The van der Waals surface area contributed by atoms with Crippen LogP contribution in [-0.2, 0) is 9.53 Å². The number of amides is 1. The summed E-state index contributed by atoms with van der Waals surface area (Å²) >= 11 is 0. The molecule has 1 aliphatic heterocycles. The van der Waals surface area contributed by atoms with E-state index in [1.54, 1.807) is 0 Å². The Morgan fingerprint density at radius 3 is 2.39 bits per heavy atom. The van der Waals surface area contributed by atoms with E-state index >= 15 is 0 Å². The number of hydrogen-bond acceptors (Lipinski definition) is 3. The molecule has 0 aromatic rings. The van der Waals surface area contributed by atoms with Crippen molar-refractivity contribution in [3.8, 4) is 0 Å². The van der Waals surface area contributed by atoms with Gasteiger partial charge in [-0.05, 0) is 33.1 Å². The molecule has 5 heteroatoms. The van der Waals surface area contributed by atoms with Gasteiger partial charge in [-0.1, -0.05) is 6.42 Å². The SMILES string of the molecule is C[C@@H]1CN(C(=O)C2CCCC(N)C2)C[C@H](C)O1.Cl. The Labute approximate surface area is 116 Å². The van der Waals surface area contributed by atoms with Crippen LogP contribution in [0.15, 0.2) is 0 Å². The van der Waals surface area contributed by atoms with Crippen LogP contribution in [0.1, 0.15) is 39.5 Å². The topological polar surface area (TPSA) is 55.6 Å². The molecule has 4 nitrogen and oxygen atoms in total. The van der Waals surface area contributed by atoms with Gasteiger partial charge in [0, 0.05) is 25.0 Å². The first-order valence-corrected chi connectivity index (χ1v) is 6.76. The van der Waals surface area contributed by atoms with Crippen LogP contribution in [0.3, 0.4) is 0 Å². The van der Waals surface area contributed by atoms with Gasteiger partial charge in [0.2, 0.25) is 5.91 Å². The van der Waals surface area contributed by atoms with Crippen molar-refractivity contribution < 1.29 is 9.53 Å². The number of rotatable bonds is 1. The van der Waals surface area contributed by atoms with E-state index in [2.05, 4.69) is 0 Å².